The van der Waals surface area contributed by atoms with Crippen LogP contribution in [0.2, 0.25) is 0 Å². The summed E-state index contributed by atoms with van der Waals surface area (Å²) in [7, 11) is 0. The van der Waals surface area contributed by atoms with Crippen molar-refractivity contribution >= 4 is 11.8 Å². The fourth-order valence-electron chi connectivity index (χ4n) is 2.86. The summed E-state index contributed by atoms with van der Waals surface area (Å²) in [6.45, 7) is 2.86. The number of fused-ring (bicyclic) bond motifs is 1. The third-order valence-electron chi connectivity index (χ3n) is 3.85. The molecule has 0 unspecified atom stereocenters. The van der Waals surface area contributed by atoms with Crippen molar-refractivity contribution < 1.29 is 14.3 Å². The molecule has 0 saturated carbocycles. The summed E-state index contributed by atoms with van der Waals surface area (Å²) >= 11 is 0. The van der Waals surface area contributed by atoms with E-state index in [1.54, 1.807) is 25.1 Å². The lowest BCUT2D eigenvalue weighted by Crippen LogP contribution is -2.13. The molecule has 1 aliphatic heterocycles. The first kappa shape index (κ1) is 13.6. The molecule has 4 nitrogen and oxygen atoms in total. The lowest BCUT2D eigenvalue weighted by atomic mass is 10.1. The number of nitrogens with zero attached hydrogens (tertiary/aromatic N) is 1. The molecule has 2 heterocycles. The average molecular weight is 283 g/mol. The normalized spacial score (nSPS) is 16.5. The number of ether oxygens (including phenoxy) is 1. The molecule has 1 atom stereocenters. The van der Waals surface area contributed by atoms with Gasteiger partial charge in [0.2, 0.25) is 5.78 Å². The first-order chi connectivity index (χ1) is 10.2. The zero-order chi connectivity index (χ0) is 14.8. The highest BCUT2D eigenvalue weighted by Crippen LogP contribution is 2.32. The molecular formula is C17H17NO3. The quantitative estimate of drug-likeness (QED) is 0.640. The summed E-state index contributed by atoms with van der Waals surface area (Å²) in [5, 5.41) is 0. The Morgan fingerprint density at radius 3 is 2.67 bits per heavy atom. The van der Waals surface area contributed by atoms with Crippen LogP contribution >= 0.6 is 0 Å². The third kappa shape index (κ3) is 2.37. The lowest BCUT2D eigenvalue weighted by Gasteiger charge is -2.08. The maximum Gasteiger partial charge on any atom is 0.315 e. The second kappa shape index (κ2) is 5.56. The van der Waals surface area contributed by atoms with Gasteiger partial charge in [0.25, 0.3) is 0 Å². The molecule has 0 bridgehead atoms. The van der Waals surface area contributed by atoms with Crippen molar-refractivity contribution in [3.05, 3.63) is 59.4 Å². The summed E-state index contributed by atoms with van der Waals surface area (Å²) in [5.41, 5.74) is 2.19. The second-order valence-corrected chi connectivity index (χ2v) is 5.08. The predicted octanol–water partition coefficient (Wildman–Crippen LogP) is 2.77. The van der Waals surface area contributed by atoms with Gasteiger partial charge in [-0.05, 0) is 25.5 Å². The van der Waals surface area contributed by atoms with Gasteiger partial charge in [0.1, 0.15) is 0 Å². The molecule has 21 heavy (non-hydrogen) atoms. The highest BCUT2D eigenvalue weighted by molar-refractivity contribution is 6.08. The summed E-state index contributed by atoms with van der Waals surface area (Å²) in [5.74, 6) is -0.457. The number of ketones is 1. The van der Waals surface area contributed by atoms with E-state index in [2.05, 4.69) is 0 Å². The Bertz CT molecular complexity index is 673. The molecule has 0 aliphatic carbocycles. The number of hydrogen-bond donors (Lipinski definition) is 0. The first-order valence-electron chi connectivity index (χ1n) is 7.18. The van der Waals surface area contributed by atoms with E-state index in [0.29, 0.717) is 30.8 Å². The zero-order valence-electron chi connectivity index (χ0n) is 11.9. The van der Waals surface area contributed by atoms with Crippen molar-refractivity contribution in [2.45, 2.75) is 25.8 Å². The van der Waals surface area contributed by atoms with E-state index >= 15 is 0 Å². The minimum Gasteiger partial charge on any atom is -0.465 e. The Morgan fingerprint density at radius 1 is 1.19 bits per heavy atom. The van der Waals surface area contributed by atoms with E-state index in [1.807, 2.05) is 28.8 Å². The highest BCUT2D eigenvalue weighted by Gasteiger charge is 2.32. The summed E-state index contributed by atoms with van der Waals surface area (Å²) in [4.78, 5) is 24.5. The van der Waals surface area contributed by atoms with Crippen LogP contribution in [0.5, 0.6) is 0 Å². The van der Waals surface area contributed by atoms with Crippen LogP contribution in [0.3, 0.4) is 0 Å². The van der Waals surface area contributed by atoms with Crippen molar-refractivity contribution in [1.29, 1.82) is 0 Å². The minimum absolute atomic E-state index is 0.00800. The largest absolute Gasteiger partial charge is 0.465 e. The standard InChI is InChI=1S/C17H17NO3/c1-2-21-17(20)13-10-11-18-14(13)8-9-15(18)16(19)12-6-4-3-5-7-12/h3-9,13H,2,10-11H2,1H3/t13-/m1/s1. The van der Waals surface area contributed by atoms with Gasteiger partial charge in [-0.1, -0.05) is 30.3 Å². The Balaban J connectivity index is 1.90. The molecule has 3 rings (SSSR count). The van der Waals surface area contributed by atoms with Crippen molar-refractivity contribution in [2.75, 3.05) is 6.61 Å². The molecule has 0 saturated heterocycles. The van der Waals surface area contributed by atoms with Crippen molar-refractivity contribution in [3.63, 3.8) is 0 Å². The molecule has 2 aromatic rings. The molecule has 0 amide bonds. The van der Waals surface area contributed by atoms with Gasteiger partial charge in [-0.2, -0.15) is 0 Å². The smallest absolute Gasteiger partial charge is 0.315 e. The number of hydrogen-bond acceptors (Lipinski definition) is 3. The van der Waals surface area contributed by atoms with E-state index in [-0.39, 0.29) is 17.7 Å². The molecule has 4 heteroatoms. The fourth-order valence-corrected chi connectivity index (χ4v) is 2.86. The van der Waals surface area contributed by atoms with Crippen LogP contribution < -0.4 is 0 Å². The van der Waals surface area contributed by atoms with E-state index in [0.717, 1.165) is 5.69 Å². The number of carbonyl (C=O) groups is 2. The third-order valence-corrected chi connectivity index (χ3v) is 3.85. The van der Waals surface area contributed by atoms with E-state index in [4.69, 9.17) is 4.74 Å². The van der Waals surface area contributed by atoms with E-state index in [1.165, 1.54) is 0 Å². The van der Waals surface area contributed by atoms with Gasteiger partial charge in [0.05, 0.1) is 18.2 Å². The maximum atomic E-state index is 12.5. The molecule has 0 spiro atoms. The van der Waals surface area contributed by atoms with Gasteiger partial charge in [-0.25, -0.2) is 0 Å². The monoisotopic (exact) mass is 283 g/mol. The van der Waals surface area contributed by atoms with Crippen LogP contribution in [0.25, 0.3) is 0 Å². The molecule has 0 radical (unpaired) electrons. The van der Waals surface area contributed by atoms with Gasteiger partial charge in [0.15, 0.2) is 0 Å². The predicted molar refractivity (Wildman–Crippen MR) is 78.3 cm³/mol. The van der Waals surface area contributed by atoms with Gasteiger partial charge in [-0.15, -0.1) is 0 Å². The molecule has 1 aromatic carbocycles. The van der Waals surface area contributed by atoms with Gasteiger partial charge < -0.3 is 9.30 Å². The van der Waals surface area contributed by atoms with E-state index < -0.39 is 0 Å². The summed E-state index contributed by atoms with van der Waals surface area (Å²) < 4.78 is 7.04. The van der Waals surface area contributed by atoms with Gasteiger partial charge in [0, 0.05) is 17.8 Å². The fraction of sp³-hybridized carbons (Fsp3) is 0.294. The van der Waals surface area contributed by atoms with Gasteiger partial charge in [-0.3, -0.25) is 9.59 Å². The van der Waals surface area contributed by atoms with Crippen LogP contribution in [0.15, 0.2) is 42.5 Å². The number of carbonyl (C=O) groups excluding carboxylic acids is 2. The van der Waals surface area contributed by atoms with E-state index in [9.17, 15) is 9.59 Å². The Labute approximate surface area is 123 Å². The average Bonchev–Trinajstić information content (AvgIpc) is 3.09. The lowest BCUT2D eigenvalue weighted by molar-refractivity contribution is -0.144. The van der Waals surface area contributed by atoms with Crippen molar-refractivity contribution in [1.82, 2.24) is 4.57 Å². The molecule has 108 valence electrons. The Morgan fingerprint density at radius 2 is 1.95 bits per heavy atom. The number of benzene rings is 1. The van der Waals surface area contributed by atoms with Gasteiger partial charge >= 0.3 is 5.97 Å². The summed E-state index contributed by atoms with van der Waals surface area (Å²) in [6.07, 6.45) is 0.698. The second-order valence-electron chi connectivity index (χ2n) is 5.08. The number of esters is 1. The Kier molecular flexibility index (Phi) is 3.60. The van der Waals surface area contributed by atoms with Crippen LogP contribution in [0, 0.1) is 0 Å². The number of aromatic nitrogens is 1. The molecule has 0 fully saturated rings. The molecular weight excluding hydrogens is 266 g/mol. The van der Waals surface area contributed by atoms with Crippen LogP contribution in [0.1, 0.15) is 41.0 Å². The van der Waals surface area contributed by atoms with Crippen LogP contribution in [-0.4, -0.2) is 22.9 Å². The van der Waals surface area contributed by atoms with Crippen molar-refractivity contribution in [3.8, 4) is 0 Å². The van der Waals surface area contributed by atoms with Crippen LogP contribution in [-0.2, 0) is 16.1 Å². The van der Waals surface area contributed by atoms with Crippen LogP contribution in [0.4, 0.5) is 0 Å². The Hall–Kier alpha value is -2.36. The minimum atomic E-state index is -0.248. The maximum absolute atomic E-state index is 12.5. The molecule has 1 aromatic heterocycles. The zero-order valence-corrected chi connectivity index (χ0v) is 11.9. The SMILES string of the molecule is CCOC(=O)[C@@H]1CCn2c(C(=O)c3ccccc3)ccc21. The molecule has 1 aliphatic rings. The first-order valence-corrected chi connectivity index (χ1v) is 7.18. The summed E-state index contributed by atoms with van der Waals surface area (Å²) in [6, 6.07) is 12.9. The number of rotatable bonds is 4. The molecule has 0 N–H and O–H groups in total. The topological polar surface area (TPSA) is 48.3 Å². The van der Waals surface area contributed by atoms with Crippen molar-refractivity contribution in [2.24, 2.45) is 0 Å². The highest BCUT2D eigenvalue weighted by atomic mass is 16.5.